The van der Waals surface area contributed by atoms with Gasteiger partial charge >= 0.3 is 6.18 Å². The van der Waals surface area contributed by atoms with Crippen LogP contribution in [0.1, 0.15) is 33.3 Å². The van der Waals surface area contributed by atoms with Crippen LogP contribution in [0.3, 0.4) is 0 Å². The van der Waals surface area contributed by atoms with Crippen LogP contribution in [-0.4, -0.2) is 12.1 Å². The Morgan fingerprint density at radius 3 is 1.81 bits per heavy atom. The van der Waals surface area contributed by atoms with Crippen molar-refractivity contribution >= 4 is 0 Å². The maximum Gasteiger partial charge on any atom is 0.417 e. The second kappa shape index (κ2) is 9.00. The number of hydrogen-bond acceptors (Lipinski definition) is 2. The number of hydrogen-bond donors (Lipinski definition) is 0. The van der Waals surface area contributed by atoms with E-state index >= 15 is 0 Å². The molecule has 1 rings (SSSR count). The highest BCUT2D eigenvalue weighted by atomic mass is 19.4. The van der Waals surface area contributed by atoms with Crippen LogP contribution in [0.5, 0.6) is 5.88 Å². The molecule has 0 spiro atoms. The number of methoxy groups -OCH3 is 1. The van der Waals surface area contributed by atoms with Gasteiger partial charge in [0.2, 0.25) is 5.88 Å². The van der Waals surface area contributed by atoms with E-state index in [9.17, 15) is 13.2 Å². The molecule has 0 fully saturated rings. The van der Waals surface area contributed by atoms with Crippen molar-refractivity contribution in [1.82, 2.24) is 4.98 Å². The summed E-state index contributed by atoms with van der Waals surface area (Å²) >= 11 is 0. The van der Waals surface area contributed by atoms with Gasteiger partial charge in [0, 0.05) is 12.3 Å². The SMILES string of the molecule is CC.CC.COc1ccc(C(F)(F)F)cn1. The minimum atomic E-state index is -4.33. The van der Waals surface area contributed by atoms with Crippen LogP contribution in [0.25, 0.3) is 0 Å². The van der Waals surface area contributed by atoms with Crippen LogP contribution >= 0.6 is 0 Å². The molecule has 0 saturated carbocycles. The molecule has 94 valence electrons. The van der Waals surface area contributed by atoms with E-state index in [1.807, 2.05) is 27.7 Å². The molecule has 1 heterocycles. The molecular weight excluding hydrogens is 219 g/mol. The second-order valence-electron chi connectivity index (χ2n) is 2.09. The summed E-state index contributed by atoms with van der Waals surface area (Å²) in [5.41, 5.74) is -0.775. The molecule has 0 N–H and O–H groups in total. The zero-order valence-electron chi connectivity index (χ0n) is 10.2. The third kappa shape index (κ3) is 6.27. The van der Waals surface area contributed by atoms with Gasteiger partial charge in [0.25, 0.3) is 0 Å². The van der Waals surface area contributed by atoms with Gasteiger partial charge in [-0.05, 0) is 6.07 Å². The molecule has 16 heavy (non-hydrogen) atoms. The van der Waals surface area contributed by atoms with E-state index in [-0.39, 0.29) is 5.88 Å². The van der Waals surface area contributed by atoms with Crippen molar-refractivity contribution < 1.29 is 17.9 Å². The molecular formula is C11H18F3NO. The topological polar surface area (TPSA) is 22.1 Å². The van der Waals surface area contributed by atoms with Gasteiger partial charge in [-0.25, -0.2) is 4.98 Å². The number of aromatic nitrogens is 1. The summed E-state index contributed by atoms with van der Waals surface area (Å²) in [7, 11) is 1.34. The van der Waals surface area contributed by atoms with Crippen LogP contribution in [0.4, 0.5) is 13.2 Å². The number of halogens is 3. The lowest BCUT2D eigenvalue weighted by Crippen LogP contribution is -2.05. The molecule has 0 bridgehead atoms. The van der Waals surface area contributed by atoms with Crippen molar-refractivity contribution in [3.63, 3.8) is 0 Å². The number of nitrogens with zero attached hydrogens (tertiary/aromatic N) is 1. The van der Waals surface area contributed by atoms with Crippen molar-refractivity contribution in [2.75, 3.05) is 7.11 Å². The highest BCUT2D eigenvalue weighted by Gasteiger charge is 2.30. The predicted molar refractivity (Wildman–Crippen MR) is 58.5 cm³/mol. The van der Waals surface area contributed by atoms with Gasteiger partial charge in [-0.2, -0.15) is 13.2 Å². The van der Waals surface area contributed by atoms with E-state index < -0.39 is 11.7 Å². The van der Waals surface area contributed by atoms with Crippen LogP contribution < -0.4 is 4.74 Å². The highest BCUT2D eigenvalue weighted by molar-refractivity contribution is 5.19. The van der Waals surface area contributed by atoms with Crippen molar-refractivity contribution in [3.8, 4) is 5.88 Å². The first-order valence-electron chi connectivity index (χ1n) is 5.11. The zero-order valence-corrected chi connectivity index (χ0v) is 10.2. The molecule has 0 unspecified atom stereocenters. The molecule has 0 aliphatic carbocycles. The highest BCUT2D eigenvalue weighted by Crippen LogP contribution is 2.28. The minimum Gasteiger partial charge on any atom is -0.481 e. The lowest BCUT2D eigenvalue weighted by molar-refractivity contribution is -0.137. The standard InChI is InChI=1S/C7H6F3NO.2C2H6/c1-12-6-3-2-5(4-11-6)7(8,9)10;2*1-2/h2-4H,1H3;2*1-2H3. The Morgan fingerprint density at radius 2 is 1.56 bits per heavy atom. The lowest BCUT2D eigenvalue weighted by atomic mass is 10.3. The molecule has 5 heteroatoms. The van der Waals surface area contributed by atoms with Gasteiger partial charge in [-0.3, -0.25) is 0 Å². The second-order valence-corrected chi connectivity index (χ2v) is 2.09. The summed E-state index contributed by atoms with van der Waals surface area (Å²) in [6.07, 6.45) is -3.60. The van der Waals surface area contributed by atoms with E-state index in [1.165, 1.54) is 13.2 Å². The summed E-state index contributed by atoms with van der Waals surface area (Å²) in [5.74, 6) is 0.169. The van der Waals surface area contributed by atoms with Crippen LogP contribution in [-0.2, 0) is 6.18 Å². The molecule has 0 saturated heterocycles. The fraction of sp³-hybridized carbons (Fsp3) is 0.545. The predicted octanol–water partition coefficient (Wildman–Crippen LogP) is 4.16. The molecule has 0 radical (unpaired) electrons. The first-order valence-corrected chi connectivity index (χ1v) is 5.11. The van der Waals surface area contributed by atoms with Gasteiger partial charge in [0.05, 0.1) is 12.7 Å². The number of pyridine rings is 1. The van der Waals surface area contributed by atoms with E-state index in [0.29, 0.717) is 0 Å². The first-order chi connectivity index (χ1) is 7.54. The Balaban J connectivity index is 0. The molecule has 0 aliphatic rings. The number of alkyl halides is 3. The van der Waals surface area contributed by atoms with Crippen LogP contribution in [0.15, 0.2) is 18.3 Å². The summed E-state index contributed by atoms with van der Waals surface area (Å²) in [4.78, 5) is 3.42. The van der Waals surface area contributed by atoms with Crippen LogP contribution in [0, 0.1) is 0 Å². The third-order valence-electron chi connectivity index (χ3n) is 1.27. The van der Waals surface area contributed by atoms with Crippen molar-refractivity contribution in [2.24, 2.45) is 0 Å². The summed E-state index contributed by atoms with van der Waals surface area (Å²) in [5, 5.41) is 0. The summed E-state index contributed by atoms with van der Waals surface area (Å²) in [6, 6.07) is 2.09. The normalized spacial score (nSPS) is 9.25. The fourth-order valence-corrected chi connectivity index (χ4v) is 0.669. The van der Waals surface area contributed by atoms with E-state index in [0.717, 1.165) is 12.3 Å². The smallest absolute Gasteiger partial charge is 0.417 e. The fourth-order valence-electron chi connectivity index (χ4n) is 0.669. The molecule has 0 aliphatic heterocycles. The number of rotatable bonds is 1. The molecule has 1 aromatic rings. The van der Waals surface area contributed by atoms with Crippen molar-refractivity contribution in [2.45, 2.75) is 33.9 Å². The zero-order chi connectivity index (χ0) is 13.2. The molecule has 0 atom stereocenters. The van der Waals surface area contributed by atoms with Gasteiger partial charge < -0.3 is 4.74 Å². The van der Waals surface area contributed by atoms with Crippen LogP contribution in [0.2, 0.25) is 0 Å². The maximum absolute atomic E-state index is 11.9. The Bertz CT molecular complexity index is 257. The van der Waals surface area contributed by atoms with Crippen molar-refractivity contribution in [1.29, 1.82) is 0 Å². The Hall–Kier alpha value is -1.26. The molecule has 1 aromatic heterocycles. The number of ether oxygens (including phenoxy) is 1. The van der Waals surface area contributed by atoms with Crippen molar-refractivity contribution in [3.05, 3.63) is 23.9 Å². The third-order valence-corrected chi connectivity index (χ3v) is 1.27. The van der Waals surface area contributed by atoms with Gasteiger partial charge in [0.1, 0.15) is 0 Å². The quantitative estimate of drug-likeness (QED) is 0.731. The lowest BCUT2D eigenvalue weighted by Gasteiger charge is -2.05. The van der Waals surface area contributed by atoms with Gasteiger partial charge in [-0.1, -0.05) is 27.7 Å². The average Bonchev–Trinajstić information content (AvgIpc) is 2.33. The first kappa shape index (κ1) is 17.1. The summed E-state index contributed by atoms with van der Waals surface area (Å²) < 4.78 is 40.4. The van der Waals surface area contributed by atoms with Gasteiger partial charge in [-0.15, -0.1) is 0 Å². The Labute approximate surface area is 94.5 Å². The summed E-state index contributed by atoms with van der Waals surface area (Å²) in [6.45, 7) is 8.00. The largest absolute Gasteiger partial charge is 0.481 e. The molecule has 0 aromatic carbocycles. The van der Waals surface area contributed by atoms with E-state index in [4.69, 9.17) is 0 Å². The van der Waals surface area contributed by atoms with E-state index in [2.05, 4.69) is 9.72 Å². The average molecular weight is 237 g/mol. The Morgan fingerprint density at radius 1 is 1.06 bits per heavy atom. The molecule has 2 nitrogen and oxygen atoms in total. The Kier molecular flexibility index (Phi) is 9.65. The monoisotopic (exact) mass is 237 g/mol. The van der Waals surface area contributed by atoms with Gasteiger partial charge in [0.15, 0.2) is 0 Å². The van der Waals surface area contributed by atoms with E-state index in [1.54, 1.807) is 0 Å². The minimum absolute atomic E-state index is 0.169. The molecule has 0 amide bonds. The maximum atomic E-state index is 11.9.